The smallest absolute Gasteiger partial charge is 0.0213 e. The number of likely N-dealkylation sites (tertiary alicyclic amines) is 1. The molecule has 1 aliphatic heterocycles. The molecule has 0 N–H and O–H groups in total. The van der Waals surface area contributed by atoms with Gasteiger partial charge < -0.3 is 0 Å². The van der Waals surface area contributed by atoms with Crippen molar-refractivity contribution in [1.29, 1.82) is 0 Å². The summed E-state index contributed by atoms with van der Waals surface area (Å²) in [5.41, 5.74) is 3.18. The van der Waals surface area contributed by atoms with Crippen molar-refractivity contribution in [3.63, 3.8) is 0 Å². The highest BCUT2D eigenvalue weighted by molar-refractivity contribution is 9.10. The first-order valence-corrected chi connectivity index (χ1v) is 8.80. The van der Waals surface area contributed by atoms with Crippen LogP contribution in [0.5, 0.6) is 0 Å². The van der Waals surface area contributed by atoms with Gasteiger partial charge in [-0.3, -0.25) is 4.90 Å². The second kappa shape index (κ2) is 5.64. The number of halogens is 2. The highest BCUT2D eigenvalue weighted by Crippen LogP contribution is 2.44. The molecule has 3 heteroatoms. The Kier molecular flexibility index (Phi) is 4.12. The minimum Gasteiger partial charge on any atom is -0.300 e. The molecule has 1 nitrogen and oxygen atoms in total. The summed E-state index contributed by atoms with van der Waals surface area (Å²) in [6.07, 6.45) is 5.20. The second-order valence-electron chi connectivity index (χ2n) is 5.39. The molecule has 0 unspecified atom stereocenters. The Labute approximate surface area is 126 Å². The van der Waals surface area contributed by atoms with Crippen molar-refractivity contribution >= 4 is 31.9 Å². The van der Waals surface area contributed by atoms with Gasteiger partial charge in [0.15, 0.2) is 0 Å². The van der Waals surface area contributed by atoms with Gasteiger partial charge >= 0.3 is 0 Å². The van der Waals surface area contributed by atoms with Gasteiger partial charge in [-0.25, -0.2) is 0 Å². The lowest BCUT2D eigenvalue weighted by Crippen LogP contribution is -2.35. The van der Waals surface area contributed by atoms with Crippen molar-refractivity contribution in [1.82, 2.24) is 4.90 Å². The van der Waals surface area contributed by atoms with Crippen LogP contribution in [0.3, 0.4) is 0 Å². The van der Waals surface area contributed by atoms with Gasteiger partial charge in [0, 0.05) is 21.8 Å². The van der Waals surface area contributed by atoms with E-state index in [0.29, 0.717) is 0 Å². The summed E-state index contributed by atoms with van der Waals surface area (Å²) in [7, 11) is 0. The lowest BCUT2D eigenvalue weighted by Gasteiger charge is -2.34. The number of nitrogens with zero attached hydrogens (tertiary/aromatic N) is 1. The van der Waals surface area contributed by atoms with Gasteiger partial charge in [0.05, 0.1) is 0 Å². The van der Waals surface area contributed by atoms with Gasteiger partial charge in [-0.15, -0.1) is 0 Å². The van der Waals surface area contributed by atoms with Gasteiger partial charge in [0.25, 0.3) is 0 Å². The summed E-state index contributed by atoms with van der Waals surface area (Å²) in [4.78, 5) is 2.72. The summed E-state index contributed by atoms with van der Waals surface area (Å²) in [5.74, 6) is 0.764. The Bertz CT molecular complexity index is 433. The van der Waals surface area contributed by atoms with Crippen molar-refractivity contribution in [3.8, 4) is 0 Å². The fraction of sp³-hybridized carbons (Fsp3) is 0.600. The molecule has 1 aliphatic carbocycles. The van der Waals surface area contributed by atoms with E-state index in [1.54, 1.807) is 11.1 Å². The minimum atomic E-state index is 0.764. The van der Waals surface area contributed by atoms with E-state index in [1.807, 2.05) is 0 Å². The zero-order chi connectivity index (χ0) is 12.5. The van der Waals surface area contributed by atoms with Crippen molar-refractivity contribution in [2.45, 2.75) is 37.6 Å². The number of benzene rings is 1. The third-order valence-electron chi connectivity index (χ3n) is 4.46. The van der Waals surface area contributed by atoms with Crippen LogP contribution in [0.25, 0.3) is 0 Å². The SMILES string of the molecule is BrCCCN1CC[C@H]2c3c(Br)cccc3CC[C@H]21. The van der Waals surface area contributed by atoms with E-state index in [9.17, 15) is 0 Å². The number of aryl methyl sites for hydroxylation is 1. The lowest BCUT2D eigenvalue weighted by atomic mass is 9.79. The summed E-state index contributed by atoms with van der Waals surface area (Å²) in [6.45, 7) is 2.54. The first kappa shape index (κ1) is 13.1. The molecule has 2 aliphatic rings. The molecule has 2 atom stereocenters. The molecule has 0 spiro atoms. The molecule has 98 valence electrons. The van der Waals surface area contributed by atoms with Crippen molar-refractivity contribution in [2.24, 2.45) is 0 Å². The predicted molar refractivity (Wildman–Crippen MR) is 83.6 cm³/mol. The molecule has 1 fully saturated rings. The first-order chi connectivity index (χ1) is 8.81. The monoisotopic (exact) mass is 371 g/mol. The highest BCUT2D eigenvalue weighted by atomic mass is 79.9. The fourth-order valence-electron chi connectivity index (χ4n) is 3.70. The molecule has 1 aromatic carbocycles. The molecule has 1 heterocycles. The predicted octanol–water partition coefficient (Wildman–Crippen LogP) is 4.34. The molecular formula is C15H19Br2N. The van der Waals surface area contributed by atoms with Crippen LogP contribution in [0.15, 0.2) is 22.7 Å². The lowest BCUT2D eigenvalue weighted by molar-refractivity contribution is 0.228. The third kappa shape index (κ3) is 2.30. The van der Waals surface area contributed by atoms with E-state index in [1.165, 1.54) is 43.2 Å². The van der Waals surface area contributed by atoms with E-state index in [2.05, 4.69) is 55.0 Å². The number of rotatable bonds is 3. The second-order valence-corrected chi connectivity index (χ2v) is 7.04. The van der Waals surface area contributed by atoms with Crippen LogP contribution in [0.2, 0.25) is 0 Å². The average Bonchev–Trinajstić information content (AvgIpc) is 2.79. The zero-order valence-electron chi connectivity index (χ0n) is 10.5. The molecule has 0 bridgehead atoms. The maximum absolute atomic E-state index is 3.77. The number of fused-ring (bicyclic) bond motifs is 3. The minimum absolute atomic E-state index is 0.764. The van der Waals surface area contributed by atoms with Crippen LogP contribution >= 0.6 is 31.9 Å². The van der Waals surface area contributed by atoms with Crippen molar-refractivity contribution in [3.05, 3.63) is 33.8 Å². The van der Waals surface area contributed by atoms with E-state index in [-0.39, 0.29) is 0 Å². The molecular weight excluding hydrogens is 354 g/mol. The number of hydrogen-bond donors (Lipinski definition) is 0. The molecule has 0 amide bonds. The standard InChI is InChI=1S/C15H19Br2N/c16-8-2-9-18-10-7-12-14(18)6-5-11-3-1-4-13(17)15(11)12/h1,3-4,12,14H,2,5-10H2/t12-,14-/m1/s1. The van der Waals surface area contributed by atoms with E-state index in [0.717, 1.165) is 17.3 Å². The summed E-state index contributed by atoms with van der Waals surface area (Å²) < 4.78 is 1.33. The topological polar surface area (TPSA) is 3.24 Å². The maximum atomic E-state index is 3.77. The summed E-state index contributed by atoms with van der Waals surface area (Å²) in [5, 5.41) is 1.13. The Morgan fingerprint density at radius 2 is 2.17 bits per heavy atom. The Hall–Kier alpha value is 0.140. The van der Waals surface area contributed by atoms with Crippen LogP contribution in [0.4, 0.5) is 0 Å². The quantitative estimate of drug-likeness (QED) is 0.713. The Balaban J connectivity index is 1.84. The fourth-order valence-corrected chi connectivity index (χ4v) is 4.65. The Morgan fingerprint density at radius 1 is 1.28 bits per heavy atom. The number of hydrogen-bond acceptors (Lipinski definition) is 1. The zero-order valence-corrected chi connectivity index (χ0v) is 13.7. The maximum Gasteiger partial charge on any atom is 0.0213 e. The van der Waals surface area contributed by atoms with E-state index >= 15 is 0 Å². The van der Waals surface area contributed by atoms with Crippen LogP contribution in [-0.2, 0) is 6.42 Å². The first-order valence-electron chi connectivity index (χ1n) is 6.88. The van der Waals surface area contributed by atoms with Gasteiger partial charge in [-0.1, -0.05) is 44.0 Å². The molecule has 18 heavy (non-hydrogen) atoms. The largest absolute Gasteiger partial charge is 0.300 e. The molecule has 0 radical (unpaired) electrons. The van der Waals surface area contributed by atoms with Crippen molar-refractivity contribution in [2.75, 3.05) is 18.4 Å². The van der Waals surface area contributed by atoms with Crippen LogP contribution in [0, 0.1) is 0 Å². The molecule has 0 aromatic heterocycles. The molecule has 1 saturated heterocycles. The number of alkyl halides is 1. The normalized spacial score (nSPS) is 27.0. The average molecular weight is 373 g/mol. The van der Waals surface area contributed by atoms with E-state index < -0.39 is 0 Å². The van der Waals surface area contributed by atoms with Gasteiger partial charge in [-0.05, 0) is 56.0 Å². The highest BCUT2D eigenvalue weighted by Gasteiger charge is 2.38. The summed E-state index contributed by atoms with van der Waals surface area (Å²) >= 11 is 7.31. The third-order valence-corrected chi connectivity index (χ3v) is 5.72. The van der Waals surface area contributed by atoms with Crippen LogP contribution in [0.1, 0.15) is 36.3 Å². The van der Waals surface area contributed by atoms with Gasteiger partial charge in [0.2, 0.25) is 0 Å². The molecule has 3 rings (SSSR count). The van der Waals surface area contributed by atoms with E-state index in [4.69, 9.17) is 0 Å². The molecule has 0 saturated carbocycles. The Morgan fingerprint density at radius 3 is 3.00 bits per heavy atom. The van der Waals surface area contributed by atoms with Gasteiger partial charge in [0.1, 0.15) is 0 Å². The van der Waals surface area contributed by atoms with Crippen LogP contribution in [-0.4, -0.2) is 29.4 Å². The van der Waals surface area contributed by atoms with Crippen molar-refractivity contribution < 1.29 is 0 Å². The summed E-state index contributed by atoms with van der Waals surface area (Å²) in [6, 6.07) is 7.50. The van der Waals surface area contributed by atoms with Crippen LogP contribution < -0.4 is 0 Å². The van der Waals surface area contributed by atoms with Gasteiger partial charge in [-0.2, -0.15) is 0 Å². The molecule has 1 aromatic rings.